The van der Waals surface area contributed by atoms with Crippen LogP contribution in [0.2, 0.25) is 10.0 Å². The van der Waals surface area contributed by atoms with Crippen LogP contribution in [0, 0.1) is 0 Å². The van der Waals surface area contributed by atoms with Gasteiger partial charge in [0.1, 0.15) is 10.8 Å². The Bertz CT molecular complexity index is 512. The highest BCUT2D eigenvalue weighted by Crippen LogP contribution is 2.37. The number of benzene rings is 2. The molecule has 2 nitrogen and oxygen atoms in total. The van der Waals surface area contributed by atoms with Crippen LogP contribution in [0.5, 0.6) is 17.2 Å². The maximum atomic E-state index is 9.53. The summed E-state index contributed by atoms with van der Waals surface area (Å²) in [6, 6.07) is 11.7. The highest BCUT2D eigenvalue weighted by Gasteiger charge is 2.08. The molecule has 0 aliphatic rings. The van der Waals surface area contributed by atoms with Crippen molar-refractivity contribution < 1.29 is 9.84 Å². The van der Waals surface area contributed by atoms with Crippen LogP contribution in [0.4, 0.5) is 0 Å². The molecule has 0 amide bonds. The van der Waals surface area contributed by atoms with Crippen LogP contribution in [0.15, 0.2) is 42.5 Å². The van der Waals surface area contributed by atoms with Crippen LogP contribution < -0.4 is 4.74 Å². The van der Waals surface area contributed by atoms with Crippen LogP contribution in [-0.4, -0.2) is 5.11 Å². The number of phenols is 1. The lowest BCUT2D eigenvalue weighted by Gasteiger charge is -2.09. The van der Waals surface area contributed by atoms with Crippen LogP contribution in [-0.2, 0) is 0 Å². The number of halogens is 2. The van der Waals surface area contributed by atoms with Gasteiger partial charge in [0.2, 0.25) is 0 Å². The normalized spacial score (nSPS) is 10.1. The Balaban J connectivity index is 2.35. The van der Waals surface area contributed by atoms with Crippen LogP contribution in [0.25, 0.3) is 0 Å². The Hall–Kier alpha value is -1.38. The van der Waals surface area contributed by atoms with Gasteiger partial charge >= 0.3 is 0 Å². The van der Waals surface area contributed by atoms with Gasteiger partial charge in [-0.1, -0.05) is 41.4 Å². The molecule has 0 bridgehead atoms. The van der Waals surface area contributed by atoms with Gasteiger partial charge in [0.05, 0.1) is 5.02 Å². The van der Waals surface area contributed by atoms with Crippen molar-refractivity contribution in [1.82, 2.24) is 0 Å². The van der Waals surface area contributed by atoms with Gasteiger partial charge in [0.15, 0.2) is 11.5 Å². The third-order valence-corrected chi connectivity index (χ3v) is 2.80. The zero-order valence-electron chi connectivity index (χ0n) is 8.15. The molecule has 2 aromatic rings. The lowest BCUT2D eigenvalue weighted by molar-refractivity contribution is 0.411. The molecule has 0 aliphatic heterocycles. The molecule has 0 atom stereocenters. The fourth-order valence-corrected chi connectivity index (χ4v) is 1.56. The van der Waals surface area contributed by atoms with Gasteiger partial charge in [-0.2, -0.15) is 0 Å². The summed E-state index contributed by atoms with van der Waals surface area (Å²) in [5.41, 5.74) is 0. The third-order valence-electron chi connectivity index (χ3n) is 2.00. The van der Waals surface area contributed by atoms with Gasteiger partial charge in [-0.05, 0) is 24.3 Å². The van der Waals surface area contributed by atoms with E-state index in [2.05, 4.69) is 0 Å². The van der Waals surface area contributed by atoms with E-state index < -0.39 is 0 Å². The minimum atomic E-state index is 0.0542. The monoisotopic (exact) mass is 254 g/mol. The number of phenolic OH excluding ortho intramolecular Hbond substituents is 1. The minimum Gasteiger partial charge on any atom is -0.504 e. The third kappa shape index (κ3) is 2.23. The van der Waals surface area contributed by atoms with Crippen molar-refractivity contribution in [3.63, 3.8) is 0 Å². The average Bonchev–Trinajstić information content (AvgIpc) is 2.28. The van der Waals surface area contributed by atoms with Crippen molar-refractivity contribution in [3.8, 4) is 17.2 Å². The minimum absolute atomic E-state index is 0.0542. The number of rotatable bonds is 2. The number of ether oxygens (including phenoxy) is 1. The van der Waals surface area contributed by atoms with Crippen molar-refractivity contribution in [2.45, 2.75) is 0 Å². The highest BCUT2D eigenvalue weighted by atomic mass is 35.5. The first kappa shape index (κ1) is 11.1. The molecule has 2 aromatic carbocycles. The molecule has 4 heteroatoms. The number of hydrogen-bond donors (Lipinski definition) is 1. The fraction of sp³-hybridized carbons (Fsp3) is 0. The van der Waals surface area contributed by atoms with Gasteiger partial charge in [-0.25, -0.2) is 0 Å². The molecular weight excluding hydrogens is 247 g/mol. The molecule has 82 valence electrons. The Morgan fingerprint density at radius 3 is 2.31 bits per heavy atom. The fourth-order valence-electron chi connectivity index (χ4n) is 1.22. The summed E-state index contributed by atoms with van der Waals surface area (Å²) >= 11 is 11.8. The summed E-state index contributed by atoms with van der Waals surface area (Å²) < 4.78 is 5.45. The van der Waals surface area contributed by atoms with E-state index in [4.69, 9.17) is 27.9 Å². The summed E-state index contributed by atoms with van der Waals surface area (Å²) in [5, 5.41) is 10.3. The topological polar surface area (TPSA) is 29.5 Å². The first-order valence-electron chi connectivity index (χ1n) is 4.58. The lowest BCUT2D eigenvalue weighted by atomic mass is 10.3. The average molecular weight is 255 g/mol. The quantitative estimate of drug-likeness (QED) is 0.856. The lowest BCUT2D eigenvalue weighted by Crippen LogP contribution is -1.85. The number of hydrogen-bond acceptors (Lipinski definition) is 2. The molecule has 0 heterocycles. The predicted molar refractivity (Wildman–Crippen MR) is 64.6 cm³/mol. The molecule has 0 saturated carbocycles. The molecule has 0 saturated heterocycles. The molecule has 0 radical (unpaired) electrons. The first-order valence-corrected chi connectivity index (χ1v) is 5.34. The van der Waals surface area contributed by atoms with Crippen molar-refractivity contribution in [2.75, 3.05) is 0 Å². The second-order valence-electron chi connectivity index (χ2n) is 3.12. The van der Waals surface area contributed by atoms with E-state index in [0.717, 1.165) is 0 Å². The van der Waals surface area contributed by atoms with Gasteiger partial charge in [0.25, 0.3) is 0 Å². The van der Waals surface area contributed by atoms with Gasteiger partial charge in [-0.3, -0.25) is 0 Å². The summed E-state index contributed by atoms with van der Waals surface area (Å²) in [7, 11) is 0. The van der Waals surface area contributed by atoms with E-state index in [0.29, 0.717) is 21.5 Å². The van der Waals surface area contributed by atoms with Gasteiger partial charge in [0, 0.05) is 0 Å². The van der Waals surface area contributed by atoms with E-state index in [1.807, 2.05) is 0 Å². The highest BCUT2D eigenvalue weighted by molar-refractivity contribution is 6.42. The summed E-state index contributed by atoms with van der Waals surface area (Å²) in [6.07, 6.45) is 0. The van der Waals surface area contributed by atoms with Gasteiger partial charge < -0.3 is 9.84 Å². The van der Waals surface area contributed by atoms with Crippen molar-refractivity contribution in [1.29, 1.82) is 0 Å². The van der Waals surface area contributed by atoms with Crippen molar-refractivity contribution in [2.24, 2.45) is 0 Å². The smallest absolute Gasteiger partial charge is 0.169 e. The Morgan fingerprint density at radius 1 is 0.875 bits per heavy atom. The molecule has 0 aliphatic carbocycles. The molecular formula is C12H8Cl2O2. The maximum Gasteiger partial charge on any atom is 0.169 e. The summed E-state index contributed by atoms with van der Waals surface area (Å²) in [4.78, 5) is 0. The van der Waals surface area contributed by atoms with Crippen LogP contribution in [0.1, 0.15) is 0 Å². The SMILES string of the molecule is Oc1ccccc1Oc1cccc(Cl)c1Cl. The van der Waals surface area contributed by atoms with Gasteiger partial charge in [-0.15, -0.1) is 0 Å². The Labute approximate surface area is 103 Å². The van der Waals surface area contributed by atoms with E-state index in [-0.39, 0.29) is 5.75 Å². The van der Waals surface area contributed by atoms with E-state index in [9.17, 15) is 5.11 Å². The van der Waals surface area contributed by atoms with Crippen LogP contribution in [0.3, 0.4) is 0 Å². The molecule has 2 rings (SSSR count). The number of para-hydroxylation sites is 2. The molecule has 16 heavy (non-hydrogen) atoms. The molecule has 0 aromatic heterocycles. The summed E-state index contributed by atoms with van der Waals surface area (Å²) in [6.45, 7) is 0. The molecule has 1 N–H and O–H groups in total. The second kappa shape index (κ2) is 4.64. The zero-order valence-corrected chi connectivity index (χ0v) is 9.66. The first-order chi connectivity index (χ1) is 7.68. The van der Waals surface area contributed by atoms with Crippen molar-refractivity contribution in [3.05, 3.63) is 52.5 Å². The van der Waals surface area contributed by atoms with Crippen molar-refractivity contribution >= 4 is 23.2 Å². The van der Waals surface area contributed by atoms with E-state index >= 15 is 0 Å². The molecule has 0 fully saturated rings. The number of aromatic hydroxyl groups is 1. The predicted octanol–water partition coefficient (Wildman–Crippen LogP) is 4.49. The standard InChI is InChI=1S/C12H8Cl2O2/c13-8-4-3-7-11(12(8)14)16-10-6-2-1-5-9(10)15/h1-7,15H. The molecule has 0 spiro atoms. The summed E-state index contributed by atoms with van der Waals surface area (Å²) in [5.74, 6) is 0.806. The van der Waals surface area contributed by atoms with E-state index in [1.165, 1.54) is 6.07 Å². The van der Waals surface area contributed by atoms with E-state index in [1.54, 1.807) is 36.4 Å². The zero-order chi connectivity index (χ0) is 11.5. The van der Waals surface area contributed by atoms with Crippen LogP contribution >= 0.6 is 23.2 Å². The maximum absolute atomic E-state index is 9.53. The molecule has 0 unspecified atom stereocenters. The largest absolute Gasteiger partial charge is 0.504 e. The second-order valence-corrected chi connectivity index (χ2v) is 3.91. The Kier molecular flexibility index (Phi) is 3.22. The Morgan fingerprint density at radius 2 is 1.56 bits per heavy atom.